The molecule has 20 heavy (non-hydrogen) atoms. The van der Waals surface area contributed by atoms with Crippen molar-refractivity contribution in [1.29, 1.82) is 0 Å². The normalized spacial score (nSPS) is 10.7. The van der Waals surface area contributed by atoms with Crippen LogP contribution in [0.25, 0.3) is 11.0 Å². The first-order valence-corrected chi connectivity index (χ1v) is 6.74. The number of para-hydroxylation sites is 2. The van der Waals surface area contributed by atoms with Gasteiger partial charge in [-0.15, -0.1) is 0 Å². The topological polar surface area (TPSA) is 83.8 Å². The molecule has 3 aromatic rings. The minimum absolute atomic E-state index is 0.275. The van der Waals surface area contributed by atoms with Gasteiger partial charge in [0, 0.05) is 10.2 Å². The molecule has 0 aliphatic heterocycles. The zero-order chi connectivity index (χ0) is 14.1. The molecule has 100 valence electrons. The van der Waals surface area contributed by atoms with Gasteiger partial charge in [-0.25, -0.2) is 4.98 Å². The summed E-state index contributed by atoms with van der Waals surface area (Å²) in [6.07, 6.45) is 0. The van der Waals surface area contributed by atoms with Crippen molar-refractivity contribution in [3.8, 4) is 0 Å². The van der Waals surface area contributed by atoms with Crippen LogP contribution in [0.1, 0.15) is 10.4 Å². The van der Waals surface area contributed by atoms with Crippen molar-refractivity contribution >= 4 is 44.5 Å². The van der Waals surface area contributed by atoms with Crippen LogP contribution in [0.15, 0.2) is 46.9 Å². The van der Waals surface area contributed by atoms with Gasteiger partial charge < -0.3 is 10.7 Å². The number of aromatic amines is 1. The van der Waals surface area contributed by atoms with Gasteiger partial charge in [0.15, 0.2) is 0 Å². The monoisotopic (exact) mass is 330 g/mol. The molecule has 0 bridgehead atoms. The number of aromatic nitrogens is 2. The number of carbonyl (C=O) groups is 1. The van der Waals surface area contributed by atoms with Gasteiger partial charge in [-0.1, -0.05) is 12.1 Å². The Morgan fingerprint density at radius 2 is 2.05 bits per heavy atom. The highest BCUT2D eigenvalue weighted by Gasteiger charge is 2.12. The number of imidazole rings is 1. The number of amides is 1. The van der Waals surface area contributed by atoms with Crippen LogP contribution in [-0.2, 0) is 0 Å². The molecule has 6 heteroatoms. The number of nitrogens with two attached hydrogens (primary N) is 1. The third-order valence-electron chi connectivity index (χ3n) is 2.86. The quantitative estimate of drug-likeness (QED) is 0.631. The third kappa shape index (κ3) is 2.37. The van der Waals surface area contributed by atoms with E-state index in [4.69, 9.17) is 5.73 Å². The van der Waals surface area contributed by atoms with E-state index in [1.165, 1.54) is 0 Å². The summed E-state index contributed by atoms with van der Waals surface area (Å²) in [6, 6.07) is 12.6. The molecule has 0 unspecified atom stereocenters. The van der Waals surface area contributed by atoms with Gasteiger partial charge >= 0.3 is 0 Å². The Kier molecular flexibility index (Phi) is 3.15. The molecule has 1 amide bonds. The van der Waals surface area contributed by atoms with Crippen LogP contribution in [0.2, 0.25) is 0 Å². The number of nitrogens with zero attached hydrogens (tertiary/aromatic N) is 1. The zero-order valence-electron chi connectivity index (χ0n) is 10.4. The van der Waals surface area contributed by atoms with Crippen molar-refractivity contribution in [2.75, 3.05) is 11.1 Å². The summed E-state index contributed by atoms with van der Waals surface area (Å²) in [5.74, 6) is 0.133. The first kappa shape index (κ1) is 12.7. The Bertz CT molecular complexity index is 764. The van der Waals surface area contributed by atoms with Crippen LogP contribution < -0.4 is 11.1 Å². The summed E-state index contributed by atoms with van der Waals surface area (Å²) in [4.78, 5) is 19.5. The average Bonchev–Trinajstić information content (AvgIpc) is 2.83. The van der Waals surface area contributed by atoms with Crippen LogP contribution in [0.4, 0.5) is 11.6 Å². The number of nitrogen functional groups attached to an aromatic ring is 1. The molecule has 0 aliphatic carbocycles. The molecule has 0 aliphatic rings. The lowest BCUT2D eigenvalue weighted by molar-refractivity contribution is 0.102. The SMILES string of the molecule is Nc1ccc(Br)c(C(=O)Nc2nc3ccccc3[nH]2)c1. The van der Waals surface area contributed by atoms with E-state index >= 15 is 0 Å². The number of H-pyrrole nitrogens is 1. The van der Waals surface area contributed by atoms with Gasteiger partial charge in [0.1, 0.15) is 0 Å². The van der Waals surface area contributed by atoms with Crippen LogP contribution in [0, 0.1) is 0 Å². The lowest BCUT2D eigenvalue weighted by Crippen LogP contribution is -2.14. The second kappa shape index (κ2) is 4.97. The second-order valence-corrected chi connectivity index (χ2v) is 5.15. The molecular formula is C14H11BrN4O. The molecule has 4 N–H and O–H groups in total. The number of nitrogens with one attached hydrogen (secondary N) is 2. The summed E-state index contributed by atoms with van der Waals surface area (Å²) in [5, 5.41) is 2.72. The van der Waals surface area contributed by atoms with E-state index in [0.29, 0.717) is 21.7 Å². The molecule has 2 aromatic carbocycles. The highest BCUT2D eigenvalue weighted by Crippen LogP contribution is 2.21. The molecule has 5 nitrogen and oxygen atoms in total. The van der Waals surface area contributed by atoms with E-state index in [2.05, 4.69) is 31.2 Å². The number of anilines is 2. The molecule has 0 fully saturated rings. The van der Waals surface area contributed by atoms with Gasteiger partial charge in [0.25, 0.3) is 5.91 Å². The Balaban J connectivity index is 1.90. The van der Waals surface area contributed by atoms with Gasteiger partial charge in [0.05, 0.1) is 16.6 Å². The predicted octanol–water partition coefficient (Wildman–Crippen LogP) is 3.16. The Hall–Kier alpha value is -2.34. The molecule has 3 rings (SSSR count). The Morgan fingerprint density at radius 3 is 2.85 bits per heavy atom. The maximum atomic E-state index is 12.2. The molecule has 1 aromatic heterocycles. The van der Waals surface area contributed by atoms with Crippen LogP contribution in [0.3, 0.4) is 0 Å². The Labute approximate surface area is 123 Å². The van der Waals surface area contributed by atoms with Gasteiger partial charge in [-0.2, -0.15) is 0 Å². The minimum atomic E-state index is -0.275. The molecular weight excluding hydrogens is 320 g/mol. The number of halogens is 1. The van der Waals surface area contributed by atoms with E-state index in [1.807, 2.05) is 24.3 Å². The van der Waals surface area contributed by atoms with Gasteiger partial charge in [0.2, 0.25) is 5.95 Å². The fraction of sp³-hybridized carbons (Fsp3) is 0. The van der Waals surface area contributed by atoms with Crippen molar-refractivity contribution in [2.45, 2.75) is 0 Å². The van der Waals surface area contributed by atoms with E-state index < -0.39 is 0 Å². The predicted molar refractivity (Wildman–Crippen MR) is 82.6 cm³/mol. The zero-order valence-corrected chi connectivity index (χ0v) is 11.9. The van der Waals surface area contributed by atoms with Crippen molar-refractivity contribution in [2.24, 2.45) is 0 Å². The first-order chi connectivity index (χ1) is 9.63. The number of hydrogen-bond acceptors (Lipinski definition) is 3. The number of hydrogen-bond donors (Lipinski definition) is 3. The van der Waals surface area contributed by atoms with Crippen molar-refractivity contribution in [1.82, 2.24) is 9.97 Å². The van der Waals surface area contributed by atoms with Crippen LogP contribution in [-0.4, -0.2) is 15.9 Å². The van der Waals surface area contributed by atoms with Gasteiger partial charge in [-0.05, 0) is 46.3 Å². The fourth-order valence-corrected chi connectivity index (χ4v) is 2.33. The van der Waals surface area contributed by atoms with E-state index in [-0.39, 0.29) is 5.91 Å². The minimum Gasteiger partial charge on any atom is -0.399 e. The Morgan fingerprint density at radius 1 is 1.25 bits per heavy atom. The lowest BCUT2D eigenvalue weighted by atomic mass is 10.2. The third-order valence-corrected chi connectivity index (χ3v) is 3.55. The summed E-state index contributed by atoms with van der Waals surface area (Å²) in [5.41, 5.74) is 8.36. The maximum Gasteiger partial charge on any atom is 0.259 e. The van der Waals surface area contributed by atoms with Crippen molar-refractivity contribution in [3.05, 3.63) is 52.5 Å². The van der Waals surface area contributed by atoms with Gasteiger partial charge in [-0.3, -0.25) is 10.1 Å². The molecule has 0 saturated heterocycles. The van der Waals surface area contributed by atoms with E-state index in [9.17, 15) is 4.79 Å². The highest BCUT2D eigenvalue weighted by atomic mass is 79.9. The van der Waals surface area contributed by atoms with Crippen molar-refractivity contribution in [3.63, 3.8) is 0 Å². The summed E-state index contributed by atoms with van der Waals surface area (Å²) >= 11 is 3.33. The van der Waals surface area contributed by atoms with Crippen LogP contribution in [0.5, 0.6) is 0 Å². The maximum absolute atomic E-state index is 12.2. The van der Waals surface area contributed by atoms with Crippen molar-refractivity contribution < 1.29 is 4.79 Å². The average molecular weight is 331 g/mol. The molecule has 0 radical (unpaired) electrons. The number of benzene rings is 2. The largest absolute Gasteiger partial charge is 0.399 e. The summed E-state index contributed by atoms with van der Waals surface area (Å²) < 4.78 is 0.681. The van der Waals surface area contributed by atoms with E-state index in [0.717, 1.165) is 11.0 Å². The van der Waals surface area contributed by atoms with E-state index in [1.54, 1.807) is 18.2 Å². The summed E-state index contributed by atoms with van der Waals surface area (Å²) in [7, 11) is 0. The number of carbonyl (C=O) groups excluding carboxylic acids is 1. The molecule has 0 spiro atoms. The highest BCUT2D eigenvalue weighted by molar-refractivity contribution is 9.10. The molecule has 0 saturated carbocycles. The lowest BCUT2D eigenvalue weighted by Gasteiger charge is -2.05. The molecule has 1 heterocycles. The number of fused-ring (bicyclic) bond motifs is 1. The standard InChI is InChI=1S/C14H11BrN4O/c15-10-6-5-8(16)7-9(10)13(20)19-14-17-11-3-1-2-4-12(11)18-14/h1-7H,16H2,(H2,17,18,19,20). The molecule has 0 atom stereocenters. The number of rotatable bonds is 2. The smallest absolute Gasteiger partial charge is 0.259 e. The fourth-order valence-electron chi connectivity index (χ4n) is 1.90. The first-order valence-electron chi connectivity index (χ1n) is 5.94. The second-order valence-electron chi connectivity index (χ2n) is 4.30. The van der Waals surface area contributed by atoms with Crippen LogP contribution >= 0.6 is 15.9 Å². The summed E-state index contributed by atoms with van der Waals surface area (Å²) in [6.45, 7) is 0.